The van der Waals surface area contributed by atoms with E-state index in [1.54, 1.807) is 6.20 Å². The highest BCUT2D eigenvalue weighted by Gasteiger charge is 2.03. The second kappa shape index (κ2) is 7.48. The molecule has 0 spiro atoms. The van der Waals surface area contributed by atoms with Crippen LogP contribution in [0.5, 0.6) is 0 Å². The quantitative estimate of drug-likeness (QED) is 0.760. The fourth-order valence-electron chi connectivity index (χ4n) is 2.15. The van der Waals surface area contributed by atoms with Crippen LogP contribution in [0.2, 0.25) is 0 Å². The molecule has 0 radical (unpaired) electrons. The number of rotatable bonds is 7. The number of hydrogen-bond donors (Lipinski definition) is 2. The average molecular weight is 271 g/mol. The third kappa shape index (κ3) is 4.53. The third-order valence-corrected chi connectivity index (χ3v) is 3.35. The van der Waals surface area contributed by atoms with Gasteiger partial charge in [-0.25, -0.2) is 4.98 Å². The van der Waals surface area contributed by atoms with Crippen LogP contribution in [0.15, 0.2) is 36.7 Å². The lowest BCUT2D eigenvalue weighted by Crippen LogP contribution is -2.25. The second-order valence-electron chi connectivity index (χ2n) is 4.92. The highest BCUT2D eigenvalue weighted by atomic mass is 16.1. The molecule has 0 saturated carbocycles. The Labute approximate surface area is 119 Å². The van der Waals surface area contributed by atoms with Crippen molar-refractivity contribution in [3.8, 4) is 0 Å². The summed E-state index contributed by atoms with van der Waals surface area (Å²) in [5, 5.41) is 2.95. The molecule has 106 valence electrons. The summed E-state index contributed by atoms with van der Waals surface area (Å²) >= 11 is 0. The first-order valence-corrected chi connectivity index (χ1v) is 7.05. The van der Waals surface area contributed by atoms with Gasteiger partial charge in [-0.3, -0.25) is 4.79 Å². The fourth-order valence-corrected chi connectivity index (χ4v) is 2.15. The number of aryl methyl sites for hydroxylation is 3. The summed E-state index contributed by atoms with van der Waals surface area (Å²) in [5.41, 5.74) is 2.50. The van der Waals surface area contributed by atoms with E-state index in [1.807, 2.05) is 18.3 Å². The van der Waals surface area contributed by atoms with Crippen LogP contribution in [-0.2, 0) is 17.6 Å². The van der Waals surface area contributed by atoms with Crippen molar-refractivity contribution in [2.24, 2.45) is 0 Å². The molecule has 1 amide bonds. The molecule has 0 aliphatic carbocycles. The molecule has 1 aromatic carbocycles. The van der Waals surface area contributed by atoms with Gasteiger partial charge in [-0.05, 0) is 30.9 Å². The predicted octanol–water partition coefficient (Wildman–Crippen LogP) is 2.40. The molecule has 2 N–H and O–H groups in total. The molecule has 0 fully saturated rings. The van der Waals surface area contributed by atoms with Crippen LogP contribution in [0.25, 0.3) is 0 Å². The third-order valence-electron chi connectivity index (χ3n) is 3.35. The maximum atomic E-state index is 11.8. The molecular weight excluding hydrogens is 250 g/mol. The van der Waals surface area contributed by atoms with E-state index in [2.05, 4.69) is 34.3 Å². The number of hydrogen-bond acceptors (Lipinski definition) is 2. The van der Waals surface area contributed by atoms with Gasteiger partial charge in [-0.2, -0.15) is 0 Å². The number of imidazole rings is 1. The molecule has 0 aliphatic rings. The molecule has 2 rings (SSSR count). The number of carbonyl (C=O) groups excluding carboxylic acids is 1. The van der Waals surface area contributed by atoms with E-state index in [-0.39, 0.29) is 5.91 Å². The second-order valence-corrected chi connectivity index (χ2v) is 4.92. The number of nitrogens with zero attached hydrogens (tertiary/aromatic N) is 1. The van der Waals surface area contributed by atoms with Gasteiger partial charge in [0.15, 0.2) is 0 Å². The largest absolute Gasteiger partial charge is 0.356 e. The first-order valence-electron chi connectivity index (χ1n) is 7.05. The molecule has 1 aromatic heterocycles. The number of benzene rings is 1. The Bertz CT molecular complexity index is 534. The number of aromatic nitrogens is 2. The Morgan fingerprint density at radius 3 is 2.90 bits per heavy atom. The first-order chi connectivity index (χ1) is 9.75. The zero-order valence-corrected chi connectivity index (χ0v) is 11.9. The highest BCUT2D eigenvalue weighted by molar-refractivity contribution is 5.76. The smallest absolute Gasteiger partial charge is 0.220 e. The molecule has 0 atom stereocenters. The number of amides is 1. The van der Waals surface area contributed by atoms with Crippen molar-refractivity contribution in [1.82, 2.24) is 15.3 Å². The van der Waals surface area contributed by atoms with Gasteiger partial charge in [-0.15, -0.1) is 0 Å². The highest BCUT2D eigenvalue weighted by Crippen LogP contribution is 2.09. The van der Waals surface area contributed by atoms with E-state index in [9.17, 15) is 4.79 Å². The summed E-state index contributed by atoms with van der Waals surface area (Å²) in [5.74, 6) is 1.09. The van der Waals surface area contributed by atoms with E-state index >= 15 is 0 Å². The van der Waals surface area contributed by atoms with Crippen molar-refractivity contribution in [3.63, 3.8) is 0 Å². The number of H-pyrrole nitrogens is 1. The van der Waals surface area contributed by atoms with Crippen LogP contribution < -0.4 is 5.32 Å². The van der Waals surface area contributed by atoms with Crippen molar-refractivity contribution in [2.75, 3.05) is 6.54 Å². The van der Waals surface area contributed by atoms with E-state index in [0.29, 0.717) is 13.0 Å². The summed E-state index contributed by atoms with van der Waals surface area (Å²) in [6.07, 6.45) is 6.68. The first kappa shape index (κ1) is 14.3. The van der Waals surface area contributed by atoms with Crippen LogP contribution in [0, 0.1) is 6.92 Å². The SMILES string of the molecule is Cc1ccccc1CCC(=O)NCCCc1ncc[nH]1. The minimum atomic E-state index is 0.118. The normalized spacial score (nSPS) is 10.4. The van der Waals surface area contributed by atoms with E-state index in [1.165, 1.54) is 11.1 Å². The summed E-state index contributed by atoms with van der Waals surface area (Å²) < 4.78 is 0. The maximum absolute atomic E-state index is 11.8. The number of carbonyl (C=O) groups is 1. The molecule has 1 heterocycles. The van der Waals surface area contributed by atoms with E-state index in [4.69, 9.17) is 0 Å². The van der Waals surface area contributed by atoms with Gasteiger partial charge in [0, 0.05) is 31.8 Å². The average Bonchev–Trinajstić information content (AvgIpc) is 2.96. The maximum Gasteiger partial charge on any atom is 0.220 e. The summed E-state index contributed by atoms with van der Waals surface area (Å²) in [7, 11) is 0. The van der Waals surface area contributed by atoms with Gasteiger partial charge >= 0.3 is 0 Å². The molecular formula is C16H21N3O. The summed E-state index contributed by atoms with van der Waals surface area (Å²) in [6, 6.07) is 8.20. The minimum Gasteiger partial charge on any atom is -0.356 e. The van der Waals surface area contributed by atoms with E-state index in [0.717, 1.165) is 25.1 Å². The predicted molar refractivity (Wildman–Crippen MR) is 79.4 cm³/mol. The Morgan fingerprint density at radius 2 is 2.15 bits per heavy atom. The van der Waals surface area contributed by atoms with Crippen LogP contribution in [-0.4, -0.2) is 22.4 Å². The van der Waals surface area contributed by atoms with Crippen LogP contribution in [0.3, 0.4) is 0 Å². The van der Waals surface area contributed by atoms with Crippen LogP contribution in [0.4, 0.5) is 0 Å². The van der Waals surface area contributed by atoms with Gasteiger partial charge in [0.2, 0.25) is 5.91 Å². The standard InChI is InChI=1S/C16H21N3O/c1-13-5-2-3-6-14(13)8-9-16(20)19-10-4-7-15-17-11-12-18-15/h2-3,5-6,11-12H,4,7-10H2,1H3,(H,17,18)(H,19,20). The van der Waals surface area contributed by atoms with Crippen molar-refractivity contribution >= 4 is 5.91 Å². The zero-order valence-electron chi connectivity index (χ0n) is 11.9. The van der Waals surface area contributed by atoms with Crippen molar-refractivity contribution in [3.05, 3.63) is 53.6 Å². The van der Waals surface area contributed by atoms with Crippen LogP contribution in [0.1, 0.15) is 29.8 Å². The lowest BCUT2D eigenvalue weighted by molar-refractivity contribution is -0.121. The van der Waals surface area contributed by atoms with Gasteiger partial charge in [0.05, 0.1) is 0 Å². The Balaban J connectivity index is 1.62. The van der Waals surface area contributed by atoms with Gasteiger partial charge in [0.1, 0.15) is 5.82 Å². The molecule has 4 nitrogen and oxygen atoms in total. The number of nitrogens with one attached hydrogen (secondary N) is 2. The lowest BCUT2D eigenvalue weighted by atomic mass is 10.0. The molecule has 4 heteroatoms. The van der Waals surface area contributed by atoms with Crippen molar-refractivity contribution < 1.29 is 4.79 Å². The minimum absolute atomic E-state index is 0.118. The van der Waals surface area contributed by atoms with Gasteiger partial charge in [0.25, 0.3) is 0 Å². The Kier molecular flexibility index (Phi) is 5.35. The number of aromatic amines is 1. The van der Waals surface area contributed by atoms with Crippen LogP contribution >= 0.6 is 0 Å². The van der Waals surface area contributed by atoms with Crippen molar-refractivity contribution in [2.45, 2.75) is 32.6 Å². The Morgan fingerprint density at radius 1 is 1.30 bits per heavy atom. The topological polar surface area (TPSA) is 57.8 Å². The Hall–Kier alpha value is -2.10. The molecule has 20 heavy (non-hydrogen) atoms. The monoisotopic (exact) mass is 271 g/mol. The van der Waals surface area contributed by atoms with Crippen molar-refractivity contribution in [1.29, 1.82) is 0 Å². The summed E-state index contributed by atoms with van der Waals surface area (Å²) in [6.45, 7) is 2.78. The molecule has 0 saturated heterocycles. The molecule has 0 aliphatic heterocycles. The molecule has 2 aromatic rings. The lowest BCUT2D eigenvalue weighted by Gasteiger charge is -2.06. The molecule has 0 bridgehead atoms. The zero-order chi connectivity index (χ0) is 14.2. The molecule has 0 unspecified atom stereocenters. The van der Waals surface area contributed by atoms with Gasteiger partial charge in [-0.1, -0.05) is 24.3 Å². The van der Waals surface area contributed by atoms with E-state index < -0.39 is 0 Å². The van der Waals surface area contributed by atoms with Gasteiger partial charge < -0.3 is 10.3 Å². The fraction of sp³-hybridized carbons (Fsp3) is 0.375. The summed E-state index contributed by atoms with van der Waals surface area (Å²) in [4.78, 5) is 19.0.